The number of nitro benzene ring substituents is 1. The van der Waals surface area contributed by atoms with Gasteiger partial charge in [-0.3, -0.25) is 10.1 Å². The largest absolute Gasteiger partial charge is 0.281 e. The number of nitrogens with zero attached hydrogens (tertiary/aromatic N) is 2. The van der Waals surface area contributed by atoms with Gasteiger partial charge in [0.05, 0.1) is 27.2 Å². The summed E-state index contributed by atoms with van der Waals surface area (Å²) in [4.78, 5) is 10.5. The van der Waals surface area contributed by atoms with Crippen molar-refractivity contribution in [3.8, 4) is 6.07 Å². The second-order valence-electron chi connectivity index (χ2n) is 3.82. The molecular weight excluding hydrogens is 322 g/mol. The molecule has 2 rings (SSSR count). The van der Waals surface area contributed by atoms with Crippen LogP contribution in [0.1, 0.15) is 10.4 Å². The number of nitriles is 1. The van der Waals surface area contributed by atoms with Gasteiger partial charge in [0.25, 0.3) is 5.69 Å². The van der Waals surface area contributed by atoms with Crippen molar-refractivity contribution >= 4 is 39.2 Å². The first kappa shape index (κ1) is 15.1. The lowest BCUT2D eigenvalue weighted by atomic mass is 10.1. The van der Waals surface area contributed by atoms with Crippen molar-refractivity contribution in [3.05, 3.63) is 61.8 Å². The number of halogens is 3. The number of rotatable bonds is 3. The van der Waals surface area contributed by atoms with Crippen molar-refractivity contribution < 1.29 is 13.7 Å². The molecule has 0 saturated carbocycles. The van der Waals surface area contributed by atoms with Crippen LogP contribution in [-0.4, -0.2) is 4.92 Å². The van der Waals surface area contributed by atoms with Crippen LogP contribution in [-0.2, 0) is 0 Å². The summed E-state index contributed by atoms with van der Waals surface area (Å²) in [6.45, 7) is 0. The zero-order valence-corrected chi connectivity index (χ0v) is 11.7. The van der Waals surface area contributed by atoms with Crippen molar-refractivity contribution in [2.24, 2.45) is 0 Å². The molecule has 0 amide bonds. The highest BCUT2D eigenvalue weighted by Gasteiger charge is 2.23. The fraction of sp³-hybridized carbons (Fsp3) is 0. The van der Waals surface area contributed by atoms with E-state index < -0.39 is 22.2 Å². The molecule has 4 nitrogen and oxygen atoms in total. The molecule has 0 fully saturated rings. The lowest BCUT2D eigenvalue weighted by Gasteiger charge is -2.05. The van der Waals surface area contributed by atoms with Gasteiger partial charge in [-0.15, -0.1) is 11.3 Å². The molecule has 0 radical (unpaired) electrons. The van der Waals surface area contributed by atoms with Crippen LogP contribution in [0.5, 0.6) is 0 Å². The first-order chi connectivity index (χ1) is 9.95. The van der Waals surface area contributed by atoms with Gasteiger partial charge in [0.2, 0.25) is 0 Å². The minimum Gasteiger partial charge on any atom is -0.258 e. The molecule has 2 aromatic rings. The van der Waals surface area contributed by atoms with Crippen LogP contribution in [0.3, 0.4) is 0 Å². The third-order valence-corrected chi connectivity index (χ3v) is 3.85. The Morgan fingerprint density at radius 1 is 1.38 bits per heavy atom. The van der Waals surface area contributed by atoms with Crippen molar-refractivity contribution in [2.75, 3.05) is 0 Å². The van der Waals surface area contributed by atoms with Gasteiger partial charge < -0.3 is 0 Å². The van der Waals surface area contributed by atoms with Crippen molar-refractivity contribution in [2.45, 2.75) is 0 Å². The van der Waals surface area contributed by atoms with E-state index in [-0.39, 0.29) is 16.2 Å². The highest BCUT2D eigenvalue weighted by Crippen LogP contribution is 2.37. The maximum Gasteiger partial charge on any atom is 0.281 e. The summed E-state index contributed by atoms with van der Waals surface area (Å²) in [6.07, 6.45) is 0. The van der Waals surface area contributed by atoms with Gasteiger partial charge in [-0.25, -0.2) is 8.78 Å². The third kappa shape index (κ3) is 2.91. The summed E-state index contributed by atoms with van der Waals surface area (Å²) in [7, 11) is 0. The highest BCUT2D eigenvalue weighted by molar-refractivity contribution is 7.11. The molecule has 21 heavy (non-hydrogen) atoms. The molecule has 0 bridgehead atoms. The molecule has 106 valence electrons. The summed E-state index contributed by atoms with van der Waals surface area (Å²) in [5, 5.41) is 21.5. The van der Waals surface area contributed by atoms with E-state index in [0.717, 1.165) is 0 Å². The molecule has 0 aliphatic rings. The predicted molar refractivity (Wildman–Crippen MR) is 75.6 cm³/mol. The number of allylic oxidation sites excluding steroid dienone is 1. The molecule has 0 aliphatic heterocycles. The second-order valence-corrected chi connectivity index (χ2v) is 5.14. The maximum atomic E-state index is 13.3. The van der Waals surface area contributed by atoms with Gasteiger partial charge in [-0.05, 0) is 17.5 Å². The molecule has 0 spiro atoms. The Morgan fingerprint density at radius 3 is 2.57 bits per heavy atom. The van der Waals surface area contributed by atoms with Crippen LogP contribution in [0, 0.1) is 33.1 Å². The summed E-state index contributed by atoms with van der Waals surface area (Å²) < 4.78 is 26.5. The monoisotopic (exact) mass is 326 g/mol. The lowest BCUT2D eigenvalue weighted by molar-refractivity contribution is -0.385. The smallest absolute Gasteiger partial charge is 0.258 e. The van der Waals surface area contributed by atoms with E-state index in [1.807, 2.05) is 6.07 Å². The Morgan fingerprint density at radius 2 is 2.05 bits per heavy atom. The predicted octanol–water partition coefficient (Wildman–Crippen LogP) is 4.57. The number of hydrogen-bond acceptors (Lipinski definition) is 4. The van der Waals surface area contributed by atoms with E-state index in [1.54, 1.807) is 17.5 Å². The molecule has 1 aromatic carbocycles. The van der Waals surface area contributed by atoms with Crippen LogP contribution in [0.4, 0.5) is 14.5 Å². The van der Waals surface area contributed by atoms with E-state index in [2.05, 4.69) is 0 Å². The quantitative estimate of drug-likeness (QED) is 0.471. The fourth-order valence-electron chi connectivity index (χ4n) is 1.63. The van der Waals surface area contributed by atoms with E-state index in [0.29, 0.717) is 17.0 Å². The zero-order valence-electron chi connectivity index (χ0n) is 10.1. The Labute approximate surface area is 126 Å². The van der Waals surface area contributed by atoms with Gasteiger partial charge in [0.15, 0.2) is 11.6 Å². The molecule has 1 aromatic heterocycles. The van der Waals surface area contributed by atoms with Gasteiger partial charge in [-0.2, -0.15) is 5.26 Å². The van der Waals surface area contributed by atoms with E-state index in [1.165, 1.54) is 11.3 Å². The molecule has 0 saturated heterocycles. The minimum absolute atomic E-state index is 0.0409. The van der Waals surface area contributed by atoms with Gasteiger partial charge in [0, 0.05) is 4.88 Å². The minimum atomic E-state index is -1.36. The maximum absolute atomic E-state index is 13.3. The van der Waals surface area contributed by atoms with Crippen molar-refractivity contribution in [3.63, 3.8) is 0 Å². The van der Waals surface area contributed by atoms with Gasteiger partial charge >= 0.3 is 0 Å². The molecular formula is C13H5ClF2N2O2S. The molecule has 0 atom stereocenters. The van der Waals surface area contributed by atoms with Crippen molar-refractivity contribution in [1.82, 2.24) is 0 Å². The number of nitro groups is 1. The summed E-state index contributed by atoms with van der Waals surface area (Å²) >= 11 is 7.21. The normalized spacial score (nSPS) is 11.7. The first-order valence-electron chi connectivity index (χ1n) is 5.43. The summed E-state index contributed by atoms with van der Waals surface area (Å²) in [5.74, 6) is -2.64. The summed E-state index contributed by atoms with van der Waals surface area (Å²) in [5.41, 5.74) is -1.09. The van der Waals surface area contributed by atoms with Crippen LogP contribution < -0.4 is 0 Å². The van der Waals surface area contributed by atoms with Crippen LogP contribution in [0.25, 0.3) is 10.6 Å². The molecule has 1 heterocycles. The fourth-order valence-corrected chi connectivity index (χ4v) is 2.71. The average molecular weight is 327 g/mol. The molecule has 0 aliphatic carbocycles. The topological polar surface area (TPSA) is 66.9 Å². The summed E-state index contributed by atoms with van der Waals surface area (Å²) in [6, 6.07) is 6.14. The van der Waals surface area contributed by atoms with Crippen LogP contribution >= 0.6 is 22.9 Å². The van der Waals surface area contributed by atoms with E-state index in [9.17, 15) is 18.9 Å². The first-order valence-corrected chi connectivity index (χ1v) is 6.69. The van der Waals surface area contributed by atoms with E-state index >= 15 is 0 Å². The Kier molecular flexibility index (Phi) is 4.31. The zero-order chi connectivity index (χ0) is 15.6. The van der Waals surface area contributed by atoms with Crippen molar-refractivity contribution in [1.29, 1.82) is 5.26 Å². The SMILES string of the molecule is N#CC(=C(Cl)c1cc(F)c(F)cc1[N+](=O)[O-])c1cccs1. The molecule has 0 N–H and O–H groups in total. The lowest BCUT2D eigenvalue weighted by Crippen LogP contribution is -1.98. The number of thiophene rings is 1. The molecule has 8 heteroatoms. The number of benzene rings is 1. The standard InChI is InChI=1S/C13H5ClF2N2O2S/c14-13(8(6-17)12-2-1-3-21-12)7-4-9(15)10(16)5-11(7)18(19)20/h1-5H. The van der Waals surface area contributed by atoms with Gasteiger partial charge in [-0.1, -0.05) is 17.7 Å². The Balaban J connectivity index is 2.73. The number of hydrogen-bond donors (Lipinski definition) is 0. The van der Waals surface area contributed by atoms with Crippen LogP contribution in [0.2, 0.25) is 0 Å². The van der Waals surface area contributed by atoms with E-state index in [4.69, 9.17) is 16.9 Å². The van der Waals surface area contributed by atoms with Crippen LogP contribution in [0.15, 0.2) is 29.6 Å². The Bertz CT molecular complexity index is 782. The highest BCUT2D eigenvalue weighted by atomic mass is 35.5. The third-order valence-electron chi connectivity index (χ3n) is 2.57. The second kappa shape index (κ2) is 5.99. The van der Waals surface area contributed by atoms with Gasteiger partial charge in [0.1, 0.15) is 6.07 Å². The molecule has 0 unspecified atom stereocenters. The average Bonchev–Trinajstić information content (AvgIpc) is 2.95. The Hall–Kier alpha value is -2.30.